The highest BCUT2D eigenvalue weighted by Gasteiger charge is 2.07. The number of benzene rings is 2. The normalized spacial score (nSPS) is 10.4. The summed E-state index contributed by atoms with van der Waals surface area (Å²) in [5.41, 5.74) is 5.25. The fraction of sp³-hybridized carbons (Fsp3) is 0.111. The third kappa shape index (κ3) is 6.09. The molecule has 0 spiro atoms. The summed E-state index contributed by atoms with van der Waals surface area (Å²) in [6, 6.07) is 12.3. The predicted molar refractivity (Wildman–Crippen MR) is 103 cm³/mol. The molecule has 2 amide bonds. The van der Waals surface area contributed by atoms with E-state index < -0.39 is 11.8 Å². The Labute approximate surface area is 164 Å². The molecule has 26 heavy (non-hydrogen) atoms. The first kappa shape index (κ1) is 19.8. The molecule has 0 bridgehead atoms. The van der Waals surface area contributed by atoms with Crippen molar-refractivity contribution in [1.82, 2.24) is 10.9 Å². The quantitative estimate of drug-likeness (QED) is 0.535. The first-order valence-corrected chi connectivity index (χ1v) is 8.64. The van der Waals surface area contributed by atoms with Crippen LogP contribution in [-0.4, -0.2) is 25.5 Å². The third-order valence-corrected chi connectivity index (χ3v) is 3.92. The molecule has 0 aliphatic rings. The summed E-state index contributed by atoms with van der Waals surface area (Å²) >= 11 is 9.27. The Morgan fingerprint density at radius 2 is 1.92 bits per heavy atom. The van der Waals surface area contributed by atoms with Gasteiger partial charge in [0, 0.05) is 16.1 Å². The van der Waals surface area contributed by atoms with E-state index in [1.165, 1.54) is 6.08 Å². The van der Waals surface area contributed by atoms with Crippen LogP contribution in [0.3, 0.4) is 0 Å². The van der Waals surface area contributed by atoms with Crippen LogP contribution >= 0.6 is 27.5 Å². The average molecular weight is 440 g/mol. The van der Waals surface area contributed by atoms with Crippen molar-refractivity contribution in [3.63, 3.8) is 0 Å². The van der Waals surface area contributed by atoms with Crippen LogP contribution in [0, 0.1) is 0 Å². The van der Waals surface area contributed by atoms with Gasteiger partial charge in [0.2, 0.25) is 0 Å². The molecule has 0 radical (unpaired) electrons. The molecule has 0 saturated carbocycles. The van der Waals surface area contributed by atoms with E-state index >= 15 is 0 Å². The summed E-state index contributed by atoms with van der Waals surface area (Å²) in [5, 5.41) is 0.371. The number of carbonyl (C=O) groups excluding carboxylic acids is 2. The minimum Gasteiger partial charge on any atom is -0.496 e. The van der Waals surface area contributed by atoms with Gasteiger partial charge in [0.25, 0.3) is 11.8 Å². The fourth-order valence-corrected chi connectivity index (χ4v) is 2.64. The molecule has 0 aliphatic heterocycles. The van der Waals surface area contributed by atoms with Crippen LogP contribution in [0.4, 0.5) is 0 Å². The average Bonchev–Trinajstić information content (AvgIpc) is 2.64. The van der Waals surface area contributed by atoms with Crippen LogP contribution in [0.1, 0.15) is 5.56 Å². The lowest BCUT2D eigenvalue weighted by Crippen LogP contribution is -2.43. The van der Waals surface area contributed by atoms with E-state index in [9.17, 15) is 9.59 Å². The SMILES string of the molecule is COc1ccccc1/C=C/C(=O)NNC(=O)COc1ccc(Br)cc1Cl. The fourth-order valence-electron chi connectivity index (χ4n) is 1.91. The number of rotatable bonds is 6. The summed E-state index contributed by atoms with van der Waals surface area (Å²) in [4.78, 5) is 23.5. The van der Waals surface area contributed by atoms with Crippen molar-refractivity contribution in [3.05, 3.63) is 63.6 Å². The number of para-hydroxylation sites is 1. The molecule has 6 nitrogen and oxygen atoms in total. The predicted octanol–water partition coefficient (Wildman–Crippen LogP) is 3.35. The van der Waals surface area contributed by atoms with Gasteiger partial charge in [-0.15, -0.1) is 0 Å². The van der Waals surface area contributed by atoms with Crippen molar-refractivity contribution < 1.29 is 19.1 Å². The highest BCUT2D eigenvalue weighted by molar-refractivity contribution is 9.10. The maximum absolute atomic E-state index is 11.8. The number of ether oxygens (including phenoxy) is 2. The maximum atomic E-state index is 11.8. The molecule has 136 valence electrons. The molecule has 2 N–H and O–H groups in total. The van der Waals surface area contributed by atoms with Crippen LogP contribution in [0.25, 0.3) is 6.08 Å². The Balaban J connectivity index is 1.79. The lowest BCUT2D eigenvalue weighted by Gasteiger charge is -2.09. The molecular weight excluding hydrogens is 424 g/mol. The molecule has 0 heterocycles. The van der Waals surface area contributed by atoms with Gasteiger partial charge in [-0.2, -0.15) is 0 Å². The third-order valence-electron chi connectivity index (χ3n) is 3.13. The zero-order chi connectivity index (χ0) is 18.9. The number of nitrogens with one attached hydrogen (secondary N) is 2. The van der Waals surface area contributed by atoms with Gasteiger partial charge in [0.05, 0.1) is 12.1 Å². The highest BCUT2D eigenvalue weighted by Crippen LogP contribution is 2.27. The molecule has 2 rings (SSSR count). The minimum absolute atomic E-state index is 0.294. The van der Waals surface area contributed by atoms with Gasteiger partial charge in [0.1, 0.15) is 11.5 Å². The van der Waals surface area contributed by atoms with Gasteiger partial charge in [-0.3, -0.25) is 20.4 Å². The topological polar surface area (TPSA) is 76.7 Å². The zero-order valence-corrected chi connectivity index (χ0v) is 16.1. The number of hydrogen-bond acceptors (Lipinski definition) is 4. The van der Waals surface area contributed by atoms with E-state index in [0.717, 1.165) is 10.0 Å². The molecule has 0 fully saturated rings. The second kappa shape index (κ2) is 9.84. The Morgan fingerprint density at radius 1 is 1.15 bits per heavy atom. The van der Waals surface area contributed by atoms with Crippen molar-refractivity contribution in [1.29, 1.82) is 0 Å². The summed E-state index contributed by atoms with van der Waals surface area (Å²) in [6.45, 7) is -0.294. The Hall–Kier alpha value is -2.51. The van der Waals surface area contributed by atoms with Gasteiger partial charge >= 0.3 is 0 Å². The molecule has 0 unspecified atom stereocenters. The minimum atomic E-state index is -0.525. The monoisotopic (exact) mass is 438 g/mol. The number of amides is 2. The van der Waals surface area contributed by atoms with E-state index in [0.29, 0.717) is 16.5 Å². The van der Waals surface area contributed by atoms with Gasteiger partial charge in [0.15, 0.2) is 6.61 Å². The standard InChI is InChI=1S/C18H16BrClN2O4/c1-25-15-5-3-2-4-12(15)6-9-17(23)21-22-18(24)11-26-16-8-7-13(19)10-14(16)20/h2-10H,11H2,1H3,(H,21,23)(H,22,24)/b9-6+. The number of halogens is 2. The first-order chi connectivity index (χ1) is 12.5. The van der Waals surface area contributed by atoms with Crippen LogP contribution in [0.2, 0.25) is 5.02 Å². The van der Waals surface area contributed by atoms with Crippen molar-refractivity contribution in [2.45, 2.75) is 0 Å². The molecule has 0 saturated heterocycles. The largest absolute Gasteiger partial charge is 0.496 e. The number of hydrazine groups is 1. The summed E-state index contributed by atoms with van der Waals surface area (Å²) < 4.78 is 11.3. The molecule has 0 aliphatic carbocycles. The van der Waals surface area contributed by atoms with Gasteiger partial charge in [-0.25, -0.2) is 0 Å². The summed E-state index contributed by atoms with van der Waals surface area (Å²) in [6.07, 6.45) is 2.86. The number of hydrogen-bond donors (Lipinski definition) is 2. The van der Waals surface area contributed by atoms with E-state index in [2.05, 4.69) is 26.8 Å². The van der Waals surface area contributed by atoms with Crippen LogP contribution in [0.15, 0.2) is 53.0 Å². The van der Waals surface area contributed by atoms with Gasteiger partial charge in [-0.05, 0) is 30.3 Å². The molecule has 8 heteroatoms. The van der Waals surface area contributed by atoms with Gasteiger partial charge in [-0.1, -0.05) is 45.7 Å². The van der Waals surface area contributed by atoms with Crippen LogP contribution in [0.5, 0.6) is 11.5 Å². The van der Waals surface area contributed by atoms with Crippen molar-refractivity contribution >= 4 is 45.4 Å². The van der Waals surface area contributed by atoms with E-state index in [1.807, 2.05) is 12.1 Å². The van der Waals surface area contributed by atoms with Crippen molar-refractivity contribution in [2.24, 2.45) is 0 Å². The smallest absolute Gasteiger partial charge is 0.276 e. The molecule has 2 aromatic rings. The second-order valence-corrected chi connectivity index (χ2v) is 6.30. The van der Waals surface area contributed by atoms with Crippen molar-refractivity contribution in [2.75, 3.05) is 13.7 Å². The van der Waals surface area contributed by atoms with Crippen LogP contribution in [-0.2, 0) is 9.59 Å². The highest BCUT2D eigenvalue weighted by atomic mass is 79.9. The van der Waals surface area contributed by atoms with Crippen molar-refractivity contribution in [3.8, 4) is 11.5 Å². The zero-order valence-electron chi connectivity index (χ0n) is 13.8. The molecule has 2 aromatic carbocycles. The molecular formula is C18H16BrClN2O4. The number of methoxy groups -OCH3 is 1. The summed E-state index contributed by atoms with van der Waals surface area (Å²) in [5.74, 6) is -0.0123. The van der Waals surface area contributed by atoms with E-state index in [4.69, 9.17) is 21.1 Å². The first-order valence-electron chi connectivity index (χ1n) is 7.47. The Morgan fingerprint density at radius 3 is 2.65 bits per heavy atom. The van der Waals surface area contributed by atoms with Crippen LogP contribution < -0.4 is 20.3 Å². The maximum Gasteiger partial charge on any atom is 0.276 e. The van der Waals surface area contributed by atoms with E-state index in [1.54, 1.807) is 43.5 Å². The number of carbonyl (C=O) groups is 2. The molecule has 0 atom stereocenters. The lowest BCUT2D eigenvalue weighted by atomic mass is 10.2. The Kier molecular flexibility index (Phi) is 7.50. The summed E-state index contributed by atoms with van der Waals surface area (Å²) in [7, 11) is 1.55. The van der Waals surface area contributed by atoms with E-state index in [-0.39, 0.29) is 6.61 Å². The van der Waals surface area contributed by atoms with Gasteiger partial charge < -0.3 is 9.47 Å². The lowest BCUT2D eigenvalue weighted by molar-refractivity contribution is -0.128. The molecule has 0 aromatic heterocycles. The second-order valence-electron chi connectivity index (χ2n) is 4.98. The Bertz CT molecular complexity index is 827.